The van der Waals surface area contributed by atoms with E-state index in [0.29, 0.717) is 19.4 Å². The molecule has 0 saturated heterocycles. The van der Waals surface area contributed by atoms with Crippen molar-refractivity contribution in [2.45, 2.75) is 45.7 Å². The highest BCUT2D eigenvalue weighted by Crippen LogP contribution is 2.17. The zero-order valence-electron chi connectivity index (χ0n) is 14.0. The molecule has 24 heavy (non-hydrogen) atoms. The molecule has 1 aromatic carbocycles. The number of carboxylic acids is 1. The first kappa shape index (κ1) is 17.7. The summed E-state index contributed by atoms with van der Waals surface area (Å²) in [6.45, 7) is 4.59. The van der Waals surface area contributed by atoms with Crippen LogP contribution in [0.15, 0.2) is 36.4 Å². The molecule has 6 nitrogen and oxygen atoms in total. The summed E-state index contributed by atoms with van der Waals surface area (Å²) in [4.78, 5) is 23.2. The van der Waals surface area contributed by atoms with Gasteiger partial charge >= 0.3 is 5.97 Å². The SMILES string of the molecule is Cc1cc(C)n(CCCC(=O)N[C@H](CC(=O)O)c2ccccc2)n1. The molecule has 0 aliphatic heterocycles. The summed E-state index contributed by atoms with van der Waals surface area (Å²) in [5.41, 5.74) is 2.83. The summed E-state index contributed by atoms with van der Waals surface area (Å²) in [6.07, 6.45) is 0.858. The molecule has 2 aromatic rings. The quantitative estimate of drug-likeness (QED) is 0.780. The molecule has 1 heterocycles. The molecule has 2 rings (SSSR count). The highest BCUT2D eigenvalue weighted by Gasteiger charge is 2.17. The van der Waals surface area contributed by atoms with Gasteiger partial charge in [-0.3, -0.25) is 14.3 Å². The Hall–Kier alpha value is -2.63. The summed E-state index contributed by atoms with van der Waals surface area (Å²) in [6, 6.07) is 10.7. The van der Waals surface area contributed by atoms with Crippen LogP contribution in [0.25, 0.3) is 0 Å². The molecular weight excluding hydrogens is 306 g/mol. The lowest BCUT2D eigenvalue weighted by atomic mass is 10.0. The first-order chi connectivity index (χ1) is 11.5. The fourth-order valence-electron chi connectivity index (χ4n) is 2.67. The van der Waals surface area contributed by atoms with Crippen LogP contribution in [0, 0.1) is 13.8 Å². The minimum absolute atomic E-state index is 0.132. The van der Waals surface area contributed by atoms with Gasteiger partial charge in [0.2, 0.25) is 5.91 Å². The van der Waals surface area contributed by atoms with Crippen molar-refractivity contribution in [3.8, 4) is 0 Å². The van der Waals surface area contributed by atoms with Gasteiger partial charge in [0, 0.05) is 18.7 Å². The van der Waals surface area contributed by atoms with E-state index in [-0.39, 0.29) is 12.3 Å². The number of aromatic nitrogens is 2. The van der Waals surface area contributed by atoms with Crippen molar-refractivity contribution in [3.63, 3.8) is 0 Å². The summed E-state index contributed by atoms with van der Waals surface area (Å²) in [5.74, 6) is -1.08. The Kier molecular flexibility index (Phi) is 6.12. The van der Waals surface area contributed by atoms with Crippen LogP contribution in [0.3, 0.4) is 0 Å². The van der Waals surface area contributed by atoms with E-state index in [2.05, 4.69) is 10.4 Å². The predicted octanol–water partition coefficient (Wildman–Crippen LogP) is 2.61. The molecule has 0 aliphatic carbocycles. The van der Waals surface area contributed by atoms with Gasteiger partial charge in [0.1, 0.15) is 0 Å². The summed E-state index contributed by atoms with van der Waals surface area (Å²) in [7, 11) is 0. The van der Waals surface area contributed by atoms with E-state index < -0.39 is 12.0 Å². The first-order valence-corrected chi connectivity index (χ1v) is 8.03. The lowest BCUT2D eigenvalue weighted by Crippen LogP contribution is -2.30. The second-order valence-corrected chi connectivity index (χ2v) is 5.88. The summed E-state index contributed by atoms with van der Waals surface area (Å²) in [5, 5.41) is 16.2. The second kappa shape index (κ2) is 8.29. The van der Waals surface area contributed by atoms with E-state index in [1.54, 1.807) is 0 Å². The van der Waals surface area contributed by atoms with Crippen molar-refractivity contribution < 1.29 is 14.7 Å². The number of nitrogens with zero attached hydrogens (tertiary/aromatic N) is 2. The molecule has 0 aliphatic rings. The minimum atomic E-state index is -0.938. The van der Waals surface area contributed by atoms with Crippen molar-refractivity contribution in [1.29, 1.82) is 0 Å². The molecule has 0 fully saturated rings. The number of benzene rings is 1. The van der Waals surface area contributed by atoms with Crippen molar-refractivity contribution >= 4 is 11.9 Å². The molecule has 128 valence electrons. The van der Waals surface area contributed by atoms with Crippen molar-refractivity contribution in [3.05, 3.63) is 53.3 Å². The molecule has 1 amide bonds. The number of carbonyl (C=O) groups is 2. The number of carbonyl (C=O) groups excluding carboxylic acids is 1. The Morgan fingerprint density at radius 3 is 2.54 bits per heavy atom. The molecule has 2 N–H and O–H groups in total. The van der Waals surface area contributed by atoms with E-state index in [1.165, 1.54) is 0 Å². The van der Waals surface area contributed by atoms with Gasteiger partial charge < -0.3 is 10.4 Å². The number of hydrogen-bond donors (Lipinski definition) is 2. The zero-order valence-corrected chi connectivity index (χ0v) is 14.0. The molecule has 0 saturated carbocycles. The Bertz CT molecular complexity index is 695. The number of aliphatic carboxylic acids is 1. The standard InChI is InChI=1S/C18H23N3O3/c1-13-11-14(2)21(20-13)10-6-9-17(22)19-16(12-18(23)24)15-7-4-3-5-8-15/h3-5,7-8,11,16H,6,9-10,12H2,1-2H3,(H,19,22)(H,23,24)/t16-/m1/s1. The summed E-state index contributed by atoms with van der Waals surface area (Å²) >= 11 is 0. The lowest BCUT2D eigenvalue weighted by Gasteiger charge is -2.17. The lowest BCUT2D eigenvalue weighted by molar-refractivity contribution is -0.137. The van der Waals surface area contributed by atoms with Crippen LogP contribution in [0.2, 0.25) is 0 Å². The number of nitrogens with one attached hydrogen (secondary N) is 1. The maximum absolute atomic E-state index is 12.2. The average molecular weight is 329 g/mol. The predicted molar refractivity (Wildman–Crippen MR) is 90.5 cm³/mol. The number of amides is 1. The van der Waals surface area contributed by atoms with E-state index in [1.807, 2.05) is 54.9 Å². The van der Waals surface area contributed by atoms with E-state index >= 15 is 0 Å². The van der Waals surface area contributed by atoms with Crippen molar-refractivity contribution in [2.75, 3.05) is 0 Å². The van der Waals surface area contributed by atoms with Gasteiger partial charge in [0.15, 0.2) is 0 Å². The molecule has 0 radical (unpaired) electrons. The van der Waals surface area contributed by atoms with Gasteiger partial charge in [-0.05, 0) is 31.9 Å². The summed E-state index contributed by atoms with van der Waals surface area (Å²) < 4.78 is 1.88. The van der Waals surface area contributed by atoms with Crippen LogP contribution >= 0.6 is 0 Å². The third-order valence-electron chi connectivity index (χ3n) is 3.79. The second-order valence-electron chi connectivity index (χ2n) is 5.88. The maximum Gasteiger partial charge on any atom is 0.305 e. The smallest absolute Gasteiger partial charge is 0.305 e. The third kappa shape index (κ3) is 5.22. The highest BCUT2D eigenvalue weighted by atomic mass is 16.4. The molecule has 0 spiro atoms. The van der Waals surface area contributed by atoms with E-state index in [0.717, 1.165) is 17.0 Å². The first-order valence-electron chi connectivity index (χ1n) is 8.03. The van der Waals surface area contributed by atoms with Crippen molar-refractivity contribution in [1.82, 2.24) is 15.1 Å². The van der Waals surface area contributed by atoms with Crippen LogP contribution in [0.5, 0.6) is 0 Å². The van der Waals surface area contributed by atoms with Crippen LogP contribution in [0.4, 0.5) is 0 Å². The van der Waals surface area contributed by atoms with Crippen LogP contribution in [-0.2, 0) is 16.1 Å². The average Bonchev–Trinajstić information content (AvgIpc) is 2.85. The van der Waals surface area contributed by atoms with Gasteiger partial charge in [-0.25, -0.2) is 0 Å². The Balaban J connectivity index is 1.88. The molecule has 1 aromatic heterocycles. The van der Waals surface area contributed by atoms with Gasteiger partial charge in [-0.1, -0.05) is 30.3 Å². The number of aryl methyl sites for hydroxylation is 3. The van der Waals surface area contributed by atoms with E-state index in [9.17, 15) is 9.59 Å². The topological polar surface area (TPSA) is 84.2 Å². The van der Waals surface area contributed by atoms with Gasteiger partial charge in [-0.2, -0.15) is 5.10 Å². The molecule has 1 atom stereocenters. The Morgan fingerprint density at radius 1 is 1.25 bits per heavy atom. The fraction of sp³-hybridized carbons (Fsp3) is 0.389. The van der Waals surface area contributed by atoms with Crippen LogP contribution < -0.4 is 5.32 Å². The minimum Gasteiger partial charge on any atom is -0.481 e. The van der Waals surface area contributed by atoms with Crippen LogP contribution in [-0.4, -0.2) is 26.8 Å². The van der Waals surface area contributed by atoms with Gasteiger partial charge in [-0.15, -0.1) is 0 Å². The maximum atomic E-state index is 12.2. The Labute approximate surface area is 141 Å². The number of carboxylic acid groups (broad SMARTS) is 1. The highest BCUT2D eigenvalue weighted by molar-refractivity contribution is 5.77. The molecule has 0 unspecified atom stereocenters. The van der Waals surface area contributed by atoms with Crippen LogP contribution in [0.1, 0.15) is 42.3 Å². The van der Waals surface area contributed by atoms with Gasteiger partial charge in [0.05, 0.1) is 18.2 Å². The third-order valence-corrected chi connectivity index (χ3v) is 3.79. The largest absolute Gasteiger partial charge is 0.481 e. The van der Waals surface area contributed by atoms with Gasteiger partial charge in [0.25, 0.3) is 0 Å². The molecule has 0 bridgehead atoms. The number of rotatable bonds is 8. The zero-order chi connectivity index (χ0) is 17.5. The van der Waals surface area contributed by atoms with Crippen molar-refractivity contribution in [2.24, 2.45) is 0 Å². The Morgan fingerprint density at radius 2 is 1.96 bits per heavy atom. The van der Waals surface area contributed by atoms with E-state index in [4.69, 9.17) is 5.11 Å². The normalized spacial score (nSPS) is 11.9. The monoisotopic (exact) mass is 329 g/mol. The fourth-order valence-corrected chi connectivity index (χ4v) is 2.67. The molecular formula is C18H23N3O3. The molecule has 6 heteroatoms. The number of hydrogen-bond acceptors (Lipinski definition) is 3.